The Morgan fingerprint density at radius 1 is 1.19 bits per heavy atom. The van der Waals surface area contributed by atoms with Crippen molar-refractivity contribution in [3.63, 3.8) is 0 Å². The molecule has 1 fully saturated rings. The van der Waals surface area contributed by atoms with E-state index in [1.54, 1.807) is 29.8 Å². The first-order chi connectivity index (χ1) is 12.7. The van der Waals surface area contributed by atoms with Crippen molar-refractivity contribution in [3.8, 4) is 5.88 Å². The van der Waals surface area contributed by atoms with E-state index < -0.39 is 0 Å². The summed E-state index contributed by atoms with van der Waals surface area (Å²) in [6.45, 7) is 2.78. The highest BCUT2D eigenvalue weighted by molar-refractivity contribution is 6.04. The number of fused-ring (bicyclic) bond motifs is 1. The Balaban J connectivity index is 1.71. The predicted octanol–water partition coefficient (Wildman–Crippen LogP) is 1.83. The van der Waals surface area contributed by atoms with Gasteiger partial charge in [0, 0.05) is 30.8 Å². The lowest BCUT2D eigenvalue weighted by Crippen LogP contribution is -2.37. The highest BCUT2D eigenvalue weighted by atomic mass is 16.5. The number of hydrogen-bond acceptors (Lipinski definition) is 6. The smallest absolute Gasteiger partial charge is 0.256 e. The normalized spacial score (nSPS) is 14.4. The van der Waals surface area contributed by atoms with Gasteiger partial charge in [-0.25, -0.2) is 4.98 Å². The summed E-state index contributed by atoms with van der Waals surface area (Å²) in [4.78, 5) is 19.1. The van der Waals surface area contributed by atoms with Crippen LogP contribution in [0.5, 0.6) is 5.88 Å². The largest absolute Gasteiger partial charge is 0.480 e. The van der Waals surface area contributed by atoms with E-state index in [0.29, 0.717) is 36.1 Å². The fourth-order valence-corrected chi connectivity index (χ4v) is 2.90. The number of aromatic nitrogens is 3. The number of amides is 1. The summed E-state index contributed by atoms with van der Waals surface area (Å²) in [5, 5.41) is 7.29. The van der Waals surface area contributed by atoms with E-state index in [1.165, 1.54) is 0 Å². The molecule has 8 heteroatoms. The predicted molar refractivity (Wildman–Crippen MR) is 97.0 cm³/mol. The van der Waals surface area contributed by atoms with Crippen LogP contribution in [0.2, 0.25) is 0 Å². The Morgan fingerprint density at radius 2 is 1.96 bits per heavy atom. The van der Waals surface area contributed by atoms with Crippen LogP contribution in [0, 0.1) is 0 Å². The summed E-state index contributed by atoms with van der Waals surface area (Å²) in [5.41, 5.74) is 1.18. The van der Waals surface area contributed by atoms with E-state index in [4.69, 9.17) is 9.47 Å². The molecular formula is C18H19N5O3. The molecule has 0 spiro atoms. The molecule has 3 heterocycles. The fraction of sp³-hybridized carbons (Fsp3) is 0.278. The number of hydrogen-bond donors (Lipinski definition) is 1. The molecule has 3 aromatic rings. The summed E-state index contributed by atoms with van der Waals surface area (Å²) in [6.07, 6.45) is 0. The molecule has 0 saturated carbocycles. The molecule has 1 aromatic carbocycles. The first kappa shape index (κ1) is 16.3. The number of rotatable bonds is 4. The van der Waals surface area contributed by atoms with Gasteiger partial charge in [-0.15, -0.1) is 5.10 Å². The fourth-order valence-electron chi connectivity index (χ4n) is 2.90. The third-order valence-electron chi connectivity index (χ3n) is 4.21. The van der Waals surface area contributed by atoms with Crippen molar-refractivity contribution in [3.05, 3.63) is 48.0 Å². The Hall–Kier alpha value is -3.13. The number of benzene rings is 1. The second kappa shape index (κ2) is 7.01. The van der Waals surface area contributed by atoms with Gasteiger partial charge >= 0.3 is 0 Å². The van der Waals surface area contributed by atoms with Crippen molar-refractivity contribution in [1.29, 1.82) is 0 Å². The maximum Gasteiger partial charge on any atom is 0.256 e. The molecule has 0 bridgehead atoms. The number of carbonyl (C=O) groups is 1. The number of methoxy groups -OCH3 is 1. The summed E-state index contributed by atoms with van der Waals surface area (Å²) >= 11 is 0. The second-order valence-corrected chi connectivity index (χ2v) is 5.88. The number of anilines is 2. The lowest BCUT2D eigenvalue weighted by atomic mass is 10.2. The number of nitrogens with one attached hydrogen (secondary N) is 1. The lowest BCUT2D eigenvalue weighted by molar-refractivity contribution is 0.102. The zero-order chi connectivity index (χ0) is 17.9. The van der Waals surface area contributed by atoms with Gasteiger partial charge in [-0.2, -0.15) is 4.52 Å². The van der Waals surface area contributed by atoms with Crippen LogP contribution >= 0.6 is 0 Å². The average molecular weight is 353 g/mol. The third kappa shape index (κ3) is 3.18. The molecule has 0 atom stereocenters. The van der Waals surface area contributed by atoms with Gasteiger partial charge in [0.15, 0.2) is 5.65 Å². The SMILES string of the molecule is COc1cc2nc(NC(=O)c3ccccc3)cc(N3CCOCC3)n2n1. The van der Waals surface area contributed by atoms with Gasteiger partial charge in [-0.3, -0.25) is 4.79 Å². The molecule has 4 rings (SSSR count). The molecule has 1 saturated heterocycles. The van der Waals surface area contributed by atoms with Gasteiger partial charge < -0.3 is 19.7 Å². The Morgan fingerprint density at radius 3 is 2.69 bits per heavy atom. The van der Waals surface area contributed by atoms with E-state index in [1.807, 2.05) is 24.3 Å². The van der Waals surface area contributed by atoms with Crippen LogP contribution < -0.4 is 15.0 Å². The Kier molecular flexibility index (Phi) is 4.40. The Bertz CT molecular complexity index is 919. The van der Waals surface area contributed by atoms with E-state index >= 15 is 0 Å². The quantitative estimate of drug-likeness (QED) is 0.771. The summed E-state index contributed by atoms with van der Waals surface area (Å²) in [5.74, 6) is 1.57. The number of carbonyl (C=O) groups excluding carboxylic acids is 1. The van der Waals surface area contributed by atoms with Crippen molar-refractivity contribution in [2.24, 2.45) is 0 Å². The molecule has 0 unspecified atom stereocenters. The van der Waals surface area contributed by atoms with Gasteiger partial charge in [0.2, 0.25) is 5.88 Å². The molecule has 1 aliphatic rings. The van der Waals surface area contributed by atoms with Gasteiger partial charge in [0.25, 0.3) is 5.91 Å². The van der Waals surface area contributed by atoms with Crippen molar-refractivity contribution in [2.45, 2.75) is 0 Å². The van der Waals surface area contributed by atoms with Crippen LogP contribution in [0.4, 0.5) is 11.6 Å². The highest BCUT2D eigenvalue weighted by Gasteiger charge is 2.19. The second-order valence-electron chi connectivity index (χ2n) is 5.88. The molecule has 1 amide bonds. The van der Waals surface area contributed by atoms with Gasteiger partial charge in [0.1, 0.15) is 11.6 Å². The molecule has 2 aromatic heterocycles. The molecule has 8 nitrogen and oxygen atoms in total. The minimum atomic E-state index is -0.207. The van der Waals surface area contributed by atoms with Crippen LogP contribution in [0.15, 0.2) is 42.5 Å². The van der Waals surface area contributed by atoms with Crippen molar-refractivity contribution in [2.75, 3.05) is 43.6 Å². The van der Waals surface area contributed by atoms with E-state index in [2.05, 4.69) is 20.3 Å². The zero-order valence-electron chi connectivity index (χ0n) is 14.4. The standard InChI is InChI=1S/C18H19N5O3/c1-25-16-12-15-19-14(20-18(24)13-5-3-2-4-6-13)11-17(23(15)21-16)22-7-9-26-10-8-22/h2-6,11-12H,7-10H2,1H3,(H,19,20,24). The van der Waals surface area contributed by atoms with E-state index in [-0.39, 0.29) is 5.91 Å². The van der Waals surface area contributed by atoms with Crippen molar-refractivity contribution in [1.82, 2.24) is 14.6 Å². The molecular weight excluding hydrogens is 334 g/mol. The van der Waals surface area contributed by atoms with Crippen molar-refractivity contribution < 1.29 is 14.3 Å². The van der Waals surface area contributed by atoms with Crippen LogP contribution in [-0.2, 0) is 4.74 Å². The van der Waals surface area contributed by atoms with Crippen LogP contribution in [0.3, 0.4) is 0 Å². The van der Waals surface area contributed by atoms with E-state index in [9.17, 15) is 4.79 Å². The lowest BCUT2D eigenvalue weighted by Gasteiger charge is -2.29. The maximum absolute atomic E-state index is 12.5. The first-order valence-electron chi connectivity index (χ1n) is 8.38. The van der Waals surface area contributed by atoms with E-state index in [0.717, 1.165) is 18.9 Å². The van der Waals surface area contributed by atoms with Gasteiger partial charge in [-0.05, 0) is 12.1 Å². The summed E-state index contributed by atoms with van der Waals surface area (Å²) < 4.78 is 12.4. The number of morpholine rings is 1. The molecule has 26 heavy (non-hydrogen) atoms. The number of nitrogens with zero attached hydrogens (tertiary/aromatic N) is 4. The molecule has 134 valence electrons. The van der Waals surface area contributed by atoms with Crippen LogP contribution in [0.1, 0.15) is 10.4 Å². The maximum atomic E-state index is 12.5. The van der Waals surface area contributed by atoms with Crippen LogP contribution in [-0.4, -0.2) is 53.9 Å². The molecule has 0 aliphatic carbocycles. The minimum Gasteiger partial charge on any atom is -0.480 e. The summed E-state index contributed by atoms with van der Waals surface area (Å²) in [6, 6.07) is 12.6. The Labute approximate surface area is 150 Å². The van der Waals surface area contributed by atoms with Crippen LogP contribution in [0.25, 0.3) is 5.65 Å². The molecule has 0 radical (unpaired) electrons. The summed E-state index contributed by atoms with van der Waals surface area (Å²) in [7, 11) is 1.56. The topological polar surface area (TPSA) is 81.0 Å². The monoisotopic (exact) mass is 353 g/mol. The molecule has 1 aliphatic heterocycles. The molecule has 1 N–H and O–H groups in total. The average Bonchev–Trinajstić information content (AvgIpc) is 3.12. The van der Waals surface area contributed by atoms with Gasteiger partial charge in [0.05, 0.1) is 20.3 Å². The minimum absolute atomic E-state index is 0.207. The van der Waals surface area contributed by atoms with Gasteiger partial charge in [-0.1, -0.05) is 18.2 Å². The highest BCUT2D eigenvalue weighted by Crippen LogP contribution is 2.24. The zero-order valence-corrected chi connectivity index (χ0v) is 14.4. The third-order valence-corrected chi connectivity index (χ3v) is 4.21. The first-order valence-corrected chi connectivity index (χ1v) is 8.38. The van der Waals surface area contributed by atoms with Crippen molar-refractivity contribution >= 4 is 23.2 Å². The number of ether oxygens (including phenoxy) is 2.